The Morgan fingerprint density at radius 2 is 1.35 bits per heavy atom. The van der Waals surface area contributed by atoms with Crippen molar-refractivity contribution in [1.29, 1.82) is 0 Å². The molecule has 0 heterocycles. The third kappa shape index (κ3) is 3.30. The van der Waals surface area contributed by atoms with Gasteiger partial charge in [-0.3, -0.25) is 4.79 Å². The van der Waals surface area contributed by atoms with Crippen molar-refractivity contribution in [3.63, 3.8) is 0 Å². The van der Waals surface area contributed by atoms with Crippen LogP contribution in [0.25, 0.3) is 11.1 Å². The van der Waals surface area contributed by atoms with Crippen molar-refractivity contribution in [2.75, 3.05) is 0 Å². The highest BCUT2D eigenvalue weighted by Gasteiger charge is 2.45. The fourth-order valence-corrected chi connectivity index (χ4v) is 2.25. The molecule has 0 aliphatic carbocycles. The van der Waals surface area contributed by atoms with Gasteiger partial charge in [0.1, 0.15) is 0 Å². The summed E-state index contributed by atoms with van der Waals surface area (Å²) in [4.78, 5) is 11.4. The molecule has 0 aromatic heterocycles. The number of halogens is 6. The van der Waals surface area contributed by atoms with E-state index >= 15 is 0 Å². The van der Waals surface area contributed by atoms with Crippen molar-refractivity contribution < 1.29 is 31.1 Å². The molecule has 2 aromatic rings. The van der Waals surface area contributed by atoms with E-state index in [0.29, 0.717) is 6.07 Å². The van der Waals surface area contributed by atoms with Crippen LogP contribution in [0.4, 0.5) is 26.3 Å². The maximum absolute atomic E-state index is 13.2. The van der Waals surface area contributed by atoms with E-state index in [9.17, 15) is 31.1 Å². The largest absolute Gasteiger partial charge is 0.417 e. The predicted molar refractivity (Wildman–Crippen MR) is 70.4 cm³/mol. The van der Waals surface area contributed by atoms with Crippen LogP contribution in [0.15, 0.2) is 42.5 Å². The second kappa shape index (κ2) is 5.60. The minimum absolute atomic E-state index is 0.294. The van der Waals surface area contributed by atoms with Crippen molar-refractivity contribution in [2.45, 2.75) is 12.4 Å². The summed E-state index contributed by atoms with van der Waals surface area (Å²) in [5.41, 5.74) is 0.0790. The minimum atomic E-state index is -5.26. The lowest BCUT2D eigenvalue weighted by Crippen LogP contribution is -2.19. The Labute approximate surface area is 126 Å². The Morgan fingerprint density at radius 3 is 1.87 bits per heavy atom. The number of carbonyl (C=O) groups is 1. The molecule has 2 aromatic carbocycles. The van der Waals surface area contributed by atoms with Crippen LogP contribution < -0.4 is 5.73 Å². The lowest BCUT2D eigenvalue weighted by atomic mass is 9.91. The first-order valence-corrected chi connectivity index (χ1v) is 6.20. The molecule has 2 N–H and O–H groups in total. The summed E-state index contributed by atoms with van der Waals surface area (Å²) in [7, 11) is 0. The Morgan fingerprint density at radius 1 is 0.783 bits per heavy atom. The average molecular weight is 333 g/mol. The lowest BCUT2D eigenvalue weighted by Gasteiger charge is -2.20. The minimum Gasteiger partial charge on any atom is -0.366 e. The Hall–Kier alpha value is -2.51. The molecule has 1 amide bonds. The zero-order valence-electron chi connectivity index (χ0n) is 11.3. The van der Waals surface area contributed by atoms with Crippen molar-refractivity contribution in [1.82, 2.24) is 0 Å². The SMILES string of the molecule is NC(=O)c1ccccc1-c1cccc(C(F)(F)F)c1C(F)(F)F. The Kier molecular flexibility index (Phi) is 4.10. The summed E-state index contributed by atoms with van der Waals surface area (Å²) < 4.78 is 78.6. The second-order valence-corrected chi connectivity index (χ2v) is 4.63. The highest BCUT2D eigenvalue weighted by atomic mass is 19.4. The van der Waals surface area contributed by atoms with Gasteiger partial charge in [-0.2, -0.15) is 26.3 Å². The third-order valence-electron chi connectivity index (χ3n) is 3.14. The monoisotopic (exact) mass is 333 g/mol. The summed E-state index contributed by atoms with van der Waals surface area (Å²) in [6.45, 7) is 0. The molecule has 0 saturated carbocycles. The molecular formula is C15H9F6NO. The van der Waals surface area contributed by atoms with Gasteiger partial charge in [0.2, 0.25) is 5.91 Å². The number of nitrogens with two attached hydrogens (primary N) is 1. The summed E-state index contributed by atoms with van der Waals surface area (Å²) in [6, 6.07) is 7.00. The Bertz CT molecular complexity index is 748. The number of alkyl halides is 6. The molecule has 122 valence electrons. The predicted octanol–water partition coefficient (Wildman–Crippen LogP) is 4.49. The summed E-state index contributed by atoms with van der Waals surface area (Å²) in [5.74, 6) is -1.04. The maximum Gasteiger partial charge on any atom is 0.417 e. The van der Waals surface area contributed by atoms with Crippen LogP contribution in [0, 0.1) is 0 Å². The highest BCUT2D eigenvalue weighted by Crippen LogP contribution is 2.45. The molecule has 0 aliphatic heterocycles. The molecule has 0 bridgehead atoms. The average Bonchev–Trinajstić information content (AvgIpc) is 2.44. The van der Waals surface area contributed by atoms with Crippen molar-refractivity contribution in [2.24, 2.45) is 5.73 Å². The van der Waals surface area contributed by atoms with Crippen LogP contribution >= 0.6 is 0 Å². The number of carbonyl (C=O) groups excluding carboxylic acids is 1. The summed E-state index contributed by atoms with van der Waals surface area (Å²) >= 11 is 0. The van der Waals surface area contributed by atoms with Gasteiger partial charge in [0, 0.05) is 5.56 Å². The normalized spacial score (nSPS) is 12.3. The van der Waals surface area contributed by atoms with Crippen LogP contribution in [0.1, 0.15) is 21.5 Å². The van der Waals surface area contributed by atoms with Gasteiger partial charge in [-0.1, -0.05) is 30.3 Å². The van der Waals surface area contributed by atoms with Gasteiger partial charge in [-0.25, -0.2) is 0 Å². The topological polar surface area (TPSA) is 43.1 Å². The van der Waals surface area contributed by atoms with E-state index in [-0.39, 0.29) is 11.1 Å². The van der Waals surface area contributed by atoms with E-state index in [1.807, 2.05) is 0 Å². The van der Waals surface area contributed by atoms with Crippen LogP contribution in [-0.4, -0.2) is 5.91 Å². The molecule has 2 rings (SSSR count). The number of primary amides is 1. The third-order valence-corrected chi connectivity index (χ3v) is 3.14. The van der Waals surface area contributed by atoms with Gasteiger partial charge in [0.15, 0.2) is 0 Å². The molecule has 8 heteroatoms. The second-order valence-electron chi connectivity index (χ2n) is 4.63. The maximum atomic E-state index is 13.2. The van der Waals surface area contributed by atoms with E-state index in [1.54, 1.807) is 0 Å². The van der Waals surface area contributed by atoms with Crippen LogP contribution in [-0.2, 0) is 12.4 Å². The molecular weight excluding hydrogens is 324 g/mol. The van der Waals surface area contributed by atoms with Crippen molar-refractivity contribution in [3.8, 4) is 11.1 Å². The molecule has 2 nitrogen and oxygen atoms in total. The van der Waals surface area contributed by atoms with Gasteiger partial charge in [-0.05, 0) is 23.3 Å². The van der Waals surface area contributed by atoms with Crippen LogP contribution in [0.3, 0.4) is 0 Å². The van der Waals surface area contributed by atoms with Gasteiger partial charge in [-0.15, -0.1) is 0 Å². The van der Waals surface area contributed by atoms with E-state index in [4.69, 9.17) is 5.73 Å². The molecule has 0 unspecified atom stereocenters. The summed E-state index contributed by atoms with van der Waals surface area (Å²) in [5, 5.41) is 0. The Balaban J connectivity index is 2.87. The highest BCUT2D eigenvalue weighted by molar-refractivity contribution is 6.00. The fourth-order valence-electron chi connectivity index (χ4n) is 2.25. The summed E-state index contributed by atoms with van der Waals surface area (Å²) in [6.07, 6.45) is -10.4. The van der Waals surface area contributed by atoms with Gasteiger partial charge >= 0.3 is 12.4 Å². The number of hydrogen-bond acceptors (Lipinski definition) is 1. The lowest BCUT2D eigenvalue weighted by molar-refractivity contribution is -0.161. The first-order valence-electron chi connectivity index (χ1n) is 6.20. The van der Waals surface area contributed by atoms with E-state index < -0.39 is 35.0 Å². The van der Waals surface area contributed by atoms with Gasteiger partial charge in [0.25, 0.3) is 0 Å². The first kappa shape index (κ1) is 16.9. The first-order chi connectivity index (χ1) is 10.5. The van der Waals surface area contributed by atoms with E-state index in [1.165, 1.54) is 12.1 Å². The number of rotatable bonds is 2. The zero-order valence-corrected chi connectivity index (χ0v) is 11.3. The molecule has 0 spiro atoms. The smallest absolute Gasteiger partial charge is 0.366 e. The molecule has 0 fully saturated rings. The van der Waals surface area contributed by atoms with Crippen LogP contribution in [0.5, 0.6) is 0 Å². The quantitative estimate of drug-likeness (QED) is 0.809. The molecule has 0 saturated heterocycles. The van der Waals surface area contributed by atoms with Crippen molar-refractivity contribution in [3.05, 3.63) is 59.2 Å². The number of amides is 1. The van der Waals surface area contributed by atoms with E-state index in [0.717, 1.165) is 24.3 Å². The number of benzene rings is 2. The van der Waals surface area contributed by atoms with Crippen molar-refractivity contribution >= 4 is 5.91 Å². The molecule has 0 atom stereocenters. The van der Waals surface area contributed by atoms with Gasteiger partial charge < -0.3 is 5.73 Å². The van der Waals surface area contributed by atoms with E-state index in [2.05, 4.69) is 0 Å². The molecule has 23 heavy (non-hydrogen) atoms. The standard InChI is InChI=1S/C15H9F6NO/c16-14(17,18)11-7-3-6-9(12(11)15(19,20)21)8-4-1-2-5-10(8)13(22)23/h1-7H,(H2,22,23). The zero-order chi connectivity index (χ0) is 17.4. The van der Waals surface area contributed by atoms with Crippen LogP contribution in [0.2, 0.25) is 0 Å². The fraction of sp³-hybridized carbons (Fsp3) is 0.133. The van der Waals surface area contributed by atoms with Gasteiger partial charge in [0.05, 0.1) is 11.1 Å². The molecule has 0 aliphatic rings. The number of hydrogen-bond donors (Lipinski definition) is 1. The molecule has 0 radical (unpaired) electrons.